The Morgan fingerprint density at radius 3 is 2.38 bits per heavy atom. The second-order valence-electron chi connectivity index (χ2n) is 6.18. The Bertz CT molecular complexity index is 348. The van der Waals surface area contributed by atoms with E-state index < -0.39 is 0 Å². The van der Waals surface area contributed by atoms with Crippen molar-refractivity contribution in [2.45, 2.75) is 84.6 Å². The molecule has 0 saturated heterocycles. The lowest BCUT2D eigenvalue weighted by Gasteiger charge is -2.15. The summed E-state index contributed by atoms with van der Waals surface area (Å²) in [5.74, 6) is 0.774. The van der Waals surface area contributed by atoms with Crippen LogP contribution in [0.3, 0.4) is 0 Å². The van der Waals surface area contributed by atoms with Crippen LogP contribution in [0.5, 0.6) is 0 Å². The van der Waals surface area contributed by atoms with E-state index >= 15 is 0 Å². The van der Waals surface area contributed by atoms with Crippen LogP contribution in [0.2, 0.25) is 0 Å². The van der Waals surface area contributed by atoms with Crippen LogP contribution in [0.25, 0.3) is 0 Å². The van der Waals surface area contributed by atoms with Crippen LogP contribution in [0.1, 0.15) is 77.3 Å². The summed E-state index contributed by atoms with van der Waals surface area (Å²) >= 11 is 0. The smallest absolute Gasteiger partial charge is 0.0829 e. The van der Waals surface area contributed by atoms with Gasteiger partial charge in [-0.25, -0.2) is 0 Å². The fourth-order valence-electron chi connectivity index (χ4n) is 2.86. The average Bonchev–Trinajstić information content (AvgIpc) is 2.91. The first-order valence-corrected chi connectivity index (χ1v) is 8.89. The lowest BCUT2D eigenvalue weighted by Crippen LogP contribution is -2.10. The van der Waals surface area contributed by atoms with E-state index in [0.717, 1.165) is 24.6 Å². The van der Waals surface area contributed by atoms with Gasteiger partial charge < -0.3 is 5.73 Å². The Balaban J connectivity index is 2.41. The summed E-state index contributed by atoms with van der Waals surface area (Å²) in [5.41, 5.74) is 6.70. The molecule has 4 nitrogen and oxygen atoms in total. The molecule has 1 rings (SSSR count). The summed E-state index contributed by atoms with van der Waals surface area (Å²) in [6, 6.07) is 0. The van der Waals surface area contributed by atoms with Crippen LogP contribution in [-0.4, -0.2) is 21.5 Å². The van der Waals surface area contributed by atoms with Crippen LogP contribution in [0.15, 0.2) is 6.20 Å². The second kappa shape index (κ2) is 11.7. The number of nitrogens with two attached hydrogens (primary N) is 1. The molecule has 1 aromatic rings. The summed E-state index contributed by atoms with van der Waals surface area (Å²) in [4.78, 5) is 0. The number of rotatable bonds is 13. The summed E-state index contributed by atoms with van der Waals surface area (Å²) in [7, 11) is 0. The van der Waals surface area contributed by atoms with Gasteiger partial charge in [0.15, 0.2) is 0 Å². The third-order valence-corrected chi connectivity index (χ3v) is 4.12. The van der Waals surface area contributed by atoms with E-state index in [1.54, 1.807) is 0 Å². The summed E-state index contributed by atoms with van der Waals surface area (Å²) in [6.07, 6.45) is 15.3. The number of aromatic nitrogens is 3. The molecule has 0 aromatic carbocycles. The fourth-order valence-corrected chi connectivity index (χ4v) is 2.86. The number of unbranched alkanes of at least 4 members (excludes halogenated alkanes) is 5. The number of hydrogen-bond donors (Lipinski definition) is 1. The van der Waals surface area contributed by atoms with Crippen molar-refractivity contribution in [3.8, 4) is 0 Å². The molecule has 0 saturated carbocycles. The molecule has 2 N–H and O–H groups in total. The van der Waals surface area contributed by atoms with Crippen molar-refractivity contribution >= 4 is 0 Å². The van der Waals surface area contributed by atoms with Crippen LogP contribution < -0.4 is 5.73 Å². The largest absolute Gasteiger partial charge is 0.329 e. The average molecular weight is 294 g/mol. The predicted octanol–water partition coefficient (Wildman–Crippen LogP) is 3.95. The van der Waals surface area contributed by atoms with E-state index in [0.29, 0.717) is 6.54 Å². The first kappa shape index (κ1) is 18.1. The van der Waals surface area contributed by atoms with Gasteiger partial charge in [-0.3, -0.25) is 4.68 Å². The standard InChI is InChI=1S/C17H34N4/c1-3-5-7-9-11-16(10-8-6-4-2)14-17-15-21(13-12-18)20-19-17/h15-16H,3-14,18H2,1-2H3. The molecule has 21 heavy (non-hydrogen) atoms. The van der Waals surface area contributed by atoms with Crippen molar-refractivity contribution in [2.75, 3.05) is 6.54 Å². The van der Waals surface area contributed by atoms with Gasteiger partial charge in [0.25, 0.3) is 0 Å². The fraction of sp³-hybridized carbons (Fsp3) is 0.882. The van der Waals surface area contributed by atoms with Crippen molar-refractivity contribution in [2.24, 2.45) is 11.7 Å². The highest BCUT2D eigenvalue weighted by atomic mass is 15.4. The van der Waals surface area contributed by atoms with Gasteiger partial charge in [-0.15, -0.1) is 5.10 Å². The molecule has 0 aliphatic carbocycles. The zero-order chi connectivity index (χ0) is 15.3. The maximum absolute atomic E-state index is 5.56. The molecule has 0 aliphatic heterocycles. The normalized spacial score (nSPS) is 12.7. The zero-order valence-corrected chi connectivity index (χ0v) is 14.1. The molecular formula is C17H34N4. The molecule has 0 spiro atoms. The molecule has 1 aromatic heterocycles. The van der Waals surface area contributed by atoms with E-state index in [4.69, 9.17) is 5.73 Å². The monoisotopic (exact) mass is 294 g/mol. The molecule has 0 amide bonds. The van der Waals surface area contributed by atoms with Gasteiger partial charge >= 0.3 is 0 Å². The van der Waals surface area contributed by atoms with Crippen molar-refractivity contribution in [3.63, 3.8) is 0 Å². The molecule has 1 unspecified atom stereocenters. The van der Waals surface area contributed by atoms with Gasteiger partial charge in [-0.2, -0.15) is 0 Å². The molecule has 0 fully saturated rings. The lowest BCUT2D eigenvalue weighted by molar-refractivity contribution is 0.403. The second-order valence-corrected chi connectivity index (χ2v) is 6.18. The maximum atomic E-state index is 5.56. The van der Waals surface area contributed by atoms with Crippen LogP contribution in [0.4, 0.5) is 0 Å². The van der Waals surface area contributed by atoms with E-state index in [-0.39, 0.29) is 0 Å². The Kier molecular flexibility index (Phi) is 10.1. The SMILES string of the molecule is CCCCCCC(CCCCC)Cc1cn(CCN)nn1. The number of nitrogens with zero attached hydrogens (tertiary/aromatic N) is 3. The van der Waals surface area contributed by atoms with Gasteiger partial charge in [0.2, 0.25) is 0 Å². The van der Waals surface area contributed by atoms with Gasteiger partial charge in [-0.05, 0) is 12.3 Å². The van der Waals surface area contributed by atoms with Gasteiger partial charge in [0.05, 0.1) is 12.2 Å². The van der Waals surface area contributed by atoms with Crippen LogP contribution in [-0.2, 0) is 13.0 Å². The molecule has 4 heteroatoms. The molecular weight excluding hydrogens is 260 g/mol. The van der Waals surface area contributed by atoms with Crippen LogP contribution in [0, 0.1) is 5.92 Å². The minimum absolute atomic E-state index is 0.625. The Labute approximate surface area is 130 Å². The van der Waals surface area contributed by atoms with Crippen LogP contribution >= 0.6 is 0 Å². The van der Waals surface area contributed by atoms with Gasteiger partial charge in [-0.1, -0.05) is 76.8 Å². The Morgan fingerprint density at radius 1 is 1.05 bits per heavy atom. The third-order valence-electron chi connectivity index (χ3n) is 4.12. The quantitative estimate of drug-likeness (QED) is 0.560. The van der Waals surface area contributed by atoms with E-state index in [1.165, 1.54) is 57.8 Å². The summed E-state index contributed by atoms with van der Waals surface area (Å²) < 4.78 is 1.87. The van der Waals surface area contributed by atoms with Gasteiger partial charge in [0.1, 0.15) is 0 Å². The molecule has 0 bridgehead atoms. The van der Waals surface area contributed by atoms with E-state index in [2.05, 4.69) is 30.4 Å². The molecule has 0 aliphatic rings. The topological polar surface area (TPSA) is 56.7 Å². The molecule has 0 radical (unpaired) electrons. The zero-order valence-electron chi connectivity index (χ0n) is 14.1. The van der Waals surface area contributed by atoms with E-state index in [9.17, 15) is 0 Å². The Morgan fingerprint density at radius 2 is 1.71 bits per heavy atom. The highest BCUT2D eigenvalue weighted by Gasteiger charge is 2.12. The van der Waals surface area contributed by atoms with Crippen molar-refractivity contribution in [3.05, 3.63) is 11.9 Å². The van der Waals surface area contributed by atoms with Crippen molar-refractivity contribution < 1.29 is 0 Å². The lowest BCUT2D eigenvalue weighted by atomic mass is 9.91. The first-order valence-electron chi connectivity index (χ1n) is 8.89. The molecule has 1 heterocycles. The minimum Gasteiger partial charge on any atom is -0.329 e. The summed E-state index contributed by atoms with van der Waals surface area (Å²) in [6.45, 7) is 5.94. The Hall–Kier alpha value is -0.900. The predicted molar refractivity (Wildman–Crippen MR) is 89.2 cm³/mol. The highest BCUT2D eigenvalue weighted by Crippen LogP contribution is 2.21. The summed E-state index contributed by atoms with van der Waals surface area (Å²) in [5, 5.41) is 8.46. The number of hydrogen-bond acceptors (Lipinski definition) is 3. The van der Waals surface area contributed by atoms with Gasteiger partial charge in [0, 0.05) is 12.7 Å². The first-order chi connectivity index (χ1) is 10.3. The highest BCUT2D eigenvalue weighted by molar-refractivity contribution is 4.94. The maximum Gasteiger partial charge on any atom is 0.0829 e. The third kappa shape index (κ3) is 8.20. The molecule has 122 valence electrons. The minimum atomic E-state index is 0.625. The molecule has 1 atom stereocenters. The van der Waals surface area contributed by atoms with Crippen molar-refractivity contribution in [1.82, 2.24) is 15.0 Å². The van der Waals surface area contributed by atoms with Crippen molar-refractivity contribution in [1.29, 1.82) is 0 Å². The van der Waals surface area contributed by atoms with E-state index in [1.807, 2.05) is 4.68 Å².